The molecule has 0 saturated carbocycles. The molecule has 1 aromatic heterocycles. The zero-order valence-electron chi connectivity index (χ0n) is 15.5. The second-order valence-electron chi connectivity index (χ2n) is 6.45. The average Bonchev–Trinajstić information content (AvgIpc) is 3.29. The van der Waals surface area contributed by atoms with Crippen LogP contribution in [0.2, 0.25) is 0 Å². The van der Waals surface area contributed by atoms with Gasteiger partial charge < -0.3 is 14.6 Å². The molecule has 0 bridgehead atoms. The van der Waals surface area contributed by atoms with Gasteiger partial charge in [-0.3, -0.25) is 4.79 Å². The summed E-state index contributed by atoms with van der Waals surface area (Å²) in [6.07, 6.45) is 8.77. The minimum Gasteiger partial charge on any atom is -0.503 e. The number of carbonyl (C=O) groups excluding carboxylic acids is 1. The Labute approximate surface area is 163 Å². The Morgan fingerprint density at radius 1 is 1.29 bits per heavy atom. The molecule has 3 rings (SSSR count). The highest BCUT2D eigenvalue weighted by Gasteiger charge is 2.42. The van der Waals surface area contributed by atoms with Crippen molar-refractivity contribution in [2.45, 2.75) is 19.0 Å². The molecule has 1 amide bonds. The van der Waals surface area contributed by atoms with Crippen LogP contribution in [0.4, 0.5) is 4.39 Å². The van der Waals surface area contributed by atoms with Gasteiger partial charge in [-0.05, 0) is 12.0 Å². The highest BCUT2D eigenvalue weighted by molar-refractivity contribution is 6.06. The van der Waals surface area contributed by atoms with E-state index in [9.17, 15) is 14.3 Å². The van der Waals surface area contributed by atoms with Crippen LogP contribution in [-0.4, -0.2) is 38.1 Å². The predicted molar refractivity (Wildman–Crippen MR) is 107 cm³/mol. The monoisotopic (exact) mass is 379 g/mol. The number of aryl methyl sites for hydroxylation is 1. The maximum absolute atomic E-state index is 14.3. The lowest BCUT2D eigenvalue weighted by atomic mass is 9.92. The topological polar surface area (TPSA) is 58.4 Å². The molecule has 0 spiro atoms. The van der Waals surface area contributed by atoms with E-state index in [0.29, 0.717) is 30.6 Å². The van der Waals surface area contributed by atoms with Gasteiger partial charge in [0.05, 0.1) is 12.4 Å². The fourth-order valence-electron chi connectivity index (χ4n) is 3.42. The Hall–Kier alpha value is -3.41. The van der Waals surface area contributed by atoms with E-state index in [1.165, 1.54) is 17.1 Å². The molecular formula is C22H22FN3O2. The molecule has 0 fully saturated rings. The van der Waals surface area contributed by atoms with E-state index in [0.717, 1.165) is 0 Å². The highest BCUT2D eigenvalue weighted by atomic mass is 19.1. The Bertz CT molecular complexity index is 930. The van der Waals surface area contributed by atoms with Crippen LogP contribution in [0.3, 0.4) is 0 Å². The van der Waals surface area contributed by atoms with Crippen molar-refractivity contribution in [2.75, 3.05) is 6.54 Å². The zero-order valence-corrected chi connectivity index (χ0v) is 15.5. The average molecular weight is 379 g/mol. The lowest BCUT2D eigenvalue weighted by molar-refractivity contribution is -0.128. The lowest BCUT2D eigenvalue weighted by Crippen LogP contribution is -2.38. The first-order valence-electron chi connectivity index (χ1n) is 8.97. The van der Waals surface area contributed by atoms with Gasteiger partial charge >= 0.3 is 0 Å². The molecule has 5 nitrogen and oxygen atoms in total. The van der Waals surface area contributed by atoms with E-state index in [4.69, 9.17) is 0 Å². The van der Waals surface area contributed by atoms with E-state index < -0.39 is 17.8 Å². The first-order chi connectivity index (χ1) is 13.5. The van der Waals surface area contributed by atoms with Crippen LogP contribution in [-0.2, 0) is 11.3 Å². The number of aromatic nitrogens is 2. The third-order valence-electron chi connectivity index (χ3n) is 4.67. The number of imidazole rings is 1. The van der Waals surface area contributed by atoms with Gasteiger partial charge in [-0.2, -0.15) is 0 Å². The Morgan fingerprint density at radius 2 is 2.04 bits per heavy atom. The van der Waals surface area contributed by atoms with Crippen LogP contribution < -0.4 is 0 Å². The maximum Gasteiger partial charge on any atom is 0.289 e. The zero-order chi connectivity index (χ0) is 20.1. The van der Waals surface area contributed by atoms with Gasteiger partial charge in [0.15, 0.2) is 5.76 Å². The number of rotatable bonds is 8. The summed E-state index contributed by atoms with van der Waals surface area (Å²) in [4.78, 5) is 18.3. The van der Waals surface area contributed by atoms with Crippen molar-refractivity contribution in [3.05, 3.63) is 97.1 Å². The molecule has 144 valence electrons. The number of aliphatic hydroxyl groups excluding tert-OH is 1. The number of aliphatic hydroxyl groups is 1. The fourth-order valence-corrected chi connectivity index (χ4v) is 3.42. The van der Waals surface area contributed by atoms with Crippen molar-refractivity contribution in [1.82, 2.24) is 14.5 Å². The lowest BCUT2D eigenvalue weighted by Gasteiger charge is -2.28. The van der Waals surface area contributed by atoms with Crippen LogP contribution >= 0.6 is 0 Å². The third kappa shape index (κ3) is 3.81. The summed E-state index contributed by atoms with van der Waals surface area (Å²) in [6, 6.07) is 8.25. The molecular weight excluding hydrogens is 357 g/mol. The van der Waals surface area contributed by atoms with Crippen LogP contribution in [0.15, 0.2) is 91.5 Å². The van der Waals surface area contributed by atoms with Gasteiger partial charge in [-0.25, -0.2) is 9.37 Å². The van der Waals surface area contributed by atoms with Crippen LogP contribution in [0.25, 0.3) is 5.57 Å². The van der Waals surface area contributed by atoms with Gasteiger partial charge in [0.1, 0.15) is 5.83 Å². The number of nitrogens with zero attached hydrogens (tertiary/aromatic N) is 3. The smallest absolute Gasteiger partial charge is 0.289 e. The van der Waals surface area contributed by atoms with Gasteiger partial charge in [0.25, 0.3) is 5.91 Å². The van der Waals surface area contributed by atoms with Gasteiger partial charge in [0, 0.05) is 36.6 Å². The van der Waals surface area contributed by atoms with Crippen molar-refractivity contribution in [2.24, 2.45) is 0 Å². The van der Waals surface area contributed by atoms with E-state index >= 15 is 0 Å². The molecule has 2 aromatic rings. The number of halogens is 1. The Morgan fingerprint density at radius 3 is 2.64 bits per heavy atom. The molecule has 1 aliphatic heterocycles. The number of hydrogen-bond donors (Lipinski definition) is 1. The van der Waals surface area contributed by atoms with Crippen molar-refractivity contribution in [1.29, 1.82) is 0 Å². The molecule has 0 saturated heterocycles. The minimum atomic E-state index is -0.770. The summed E-state index contributed by atoms with van der Waals surface area (Å²) >= 11 is 0. The Balaban J connectivity index is 1.96. The molecule has 1 unspecified atom stereocenters. The standard InChI is InChI=1S/C22H22FN3O2/c1-3-8-18(16(2)23)20-19(17-9-5-4-6-10-17)21(27)22(28)26(20)13-7-12-25-14-11-24-15-25/h3-6,8-11,14-15,20,27H,1-2,7,12-13H2/b18-8+. The van der Waals surface area contributed by atoms with Gasteiger partial charge in [-0.1, -0.05) is 55.6 Å². The summed E-state index contributed by atoms with van der Waals surface area (Å²) in [5.41, 5.74) is 1.24. The first kappa shape index (κ1) is 19.4. The van der Waals surface area contributed by atoms with E-state index in [2.05, 4.69) is 18.1 Å². The van der Waals surface area contributed by atoms with E-state index in [-0.39, 0.29) is 11.3 Å². The number of allylic oxidation sites excluding steroid dienone is 2. The summed E-state index contributed by atoms with van der Waals surface area (Å²) in [7, 11) is 0. The summed E-state index contributed by atoms with van der Waals surface area (Å²) in [5.74, 6) is -1.55. The van der Waals surface area contributed by atoms with E-state index in [1.54, 1.807) is 36.8 Å². The summed E-state index contributed by atoms with van der Waals surface area (Å²) in [5, 5.41) is 10.6. The van der Waals surface area contributed by atoms with Crippen LogP contribution in [0.1, 0.15) is 12.0 Å². The quantitative estimate of drug-likeness (QED) is 0.704. The minimum absolute atomic E-state index is 0.203. The number of carbonyl (C=O) groups is 1. The molecule has 0 aliphatic carbocycles. The second kappa shape index (κ2) is 8.52. The number of hydrogen-bond acceptors (Lipinski definition) is 3. The first-order valence-corrected chi connectivity index (χ1v) is 8.97. The Kier molecular flexibility index (Phi) is 5.89. The molecule has 1 aliphatic rings. The second-order valence-corrected chi connectivity index (χ2v) is 6.45. The highest BCUT2D eigenvalue weighted by Crippen LogP contribution is 2.38. The third-order valence-corrected chi connectivity index (χ3v) is 4.67. The van der Waals surface area contributed by atoms with Crippen molar-refractivity contribution >= 4 is 11.5 Å². The van der Waals surface area contributed by atoms with Crippen molar-refractivity contribution < 1.29 is 14.3 Å². The SMILES string of the molecule is C=C/C=C(\C(=C)F)C1C(c2ccccc2)=C(O)C(=O)N1CCCn1ccnc1. The molecule has 2 heterocycles. The summed E-state index contributed by atoms with van der Waals surface area (Å²) < 4.78 is 16.2. The van der Waals surface area contributed by atoms with Crippen molar-refractivity contribution in [3.63, 3.8) is 0 Å². The molecule has 6 heteroatoms. The molecule has 1 atom stereocenters. The molecule has 28 heavy (non-hydrogen) atoms. The number of benzene rings is 1. The number of amides is 1. The normalized spacial score (nSPS) is 17.3. The molecule has 1 N–H and O–H groups in total. The molecule has 0 radical (unpaired) electrons. The summed E-state index contributed by atoms with van der Waals surface area (Å²) in [6.45, 7) is 8.03. The van der Waals surface area contributed by atoms with Gasteiger partial charge in [0.2, 0.25) is 0 Å². The van der Waals surface area contributed by atoms with Crippen molar-refractivity contribution in [3.8, 4) is 0 Å². The predicted octanol–water partition coefficient (Wildman–Crippen LogP) is 4.05. The van der Waals surface area contributed by atoms with Gasteiger partial charge in [-0.15, -0.1) is 0 Å². The molecule has 1 aromatic carbocycles. The van der Waals surface area contributed by atoms with Crippen LogP contribution in [0.5, 0.6) is 0 Å². The fraction of sp³-hybridized carbons (Fsp3) is 0.182. The van der Waals surface area contributed by atoms with Crippen LogP contribution in [0, 0.1) is 0 Å². The maximum atomic E-state index is 14.3. The largest absolute Gasteiger partial charge is 0.503 e. The van der Waals surface area contributed by atoms with E-state index in [1.807, 2.05) is 16.8 Å².